The Morgan fingerprint density at radius 2 is 0.739 bits per heavy atom. The number of urea groups is 1. The third-order valence-corrected chi connectivity index (χ3v) is 17.6. The van der Waals surface area contributed by atoms with Crippen LogP contribution in [-0.2, 0) is 51.9 Å². The molecule has 0 aromatic heterocycles. The summed E-state index contributed by atoms with van der Waals surface area (Å²) in [6.45, 7) is 5.83. The number of rotatable bonds is 60. The molecule has 0 aliphatic carbocycles. The normalized spacial score (nSPS) is 14.9. The molecule has 1 heterocycles. The van der Waals surface area contributed by atoms with Gasteiger partial charge in [0.1, 0.15) is 11.9 Å². The molecule has 1 fully saturated rings. The van der Waals surface area contributed by atoms with E-state index in [1.54, 1.807) is 14.7 Å². The number of ketones is 1. The predicted octanol–water partition coefficient (Wildman–Crippen LogP) is 6.47. The number of unbranched alkanes of at least 4 members (excludes halogenated alkanes) is 29. The van der Waals surface area contributed by atoms with E-state index in [0.29, 0.717) is 71.2 Å². The van der Waals surface area contributed by atoms with Crippen molar-refractivity contribution in [1.29, 1.82) is 0 Å². The van der Waals surface area contributed by atoms with Gasteiger partial charge in [-0.2, -0.15) is 0 Å². The maximum atomic E-state index is 12.9. The molecular weight excluding hydrogens is 1200 g/mol. The number of phosphoric ester groups is 1. The van der Waals surface area contributed by atoms with Gasteiger partial charge in [-0.05, 0) is 44.9 Å². The van der Waals surface area contributed by atoms with Crippen LogP contribution >= 0.6 is 7.82 Å². The Kier molecular flexibility index (Phi) is 55.2. The van der Waals surface area contributed by atoms with Gasteiger partial charge < -0.3 is 60.6 Å². The van der Waals surface area contributed by atoms with E-state index in [0.717, 1.165) is 57.8 Å². The molecule has 1 aliphatic heterocycles. The second-order valence-electron chi connectivity index (χ2n) is 25.1. The topological polar surface area (TPSA) is 332 Å². The zero-order valence-corrected chi connectivity index (χ0v) is 57.9. The molecule has 1 aliphatic rings. The molecule has 1 saturated heterocycles. The molecule has 0 radical (unpaired) electrons. The fourth-order valence-corrected chi connectivity index (χ4v) is 11.8. The first-order chi connectivity index (χ1) is 44.4. The van der Waals surface area contributed by atoms with Crippen molar-refractivity contribution in [2.45, 2.75) is 264 Å². The van der Waals surface area contributed by atoms with Gasteiger partial charge in [-0.3, -0.25) is 47.8 Å². The molecule has 536 valence electrons. The van der Waals surface area contributed by atoms with Crippen LogP contribution in [0.15, 0.2) is 0 Å². The van der Waals surface area contributed by atoms with E-state index in [4.69, 9.17) is 13.8 Å². The molecule has 0 aromatic carbocycles. The first kappa shape index (κ1) is 85.7. The fourth-order valence-electron chi connectivity index (χ4n) is 11.1. The molecule has 4 amide bonds. The molecule has 2 atom stereocenters. The maximum absolute atomic E-state index is 12.9. The van der Waals surface area contributed by atoms with Gasteiger partial charge in [0.05, 0.1) is 37.7 Å². The molecular formula is C67H124N8O16P-3. The molecule has 0 aromatic rings. The minimum absolute atomic E-state index is 0.00539. The number of carbonyl (C=O) groups excluding carboxylic acids is 8. The SMILES string of the molecule is CCCCCCCCCCCCCCCC(=O)CC[C@@H](COP(=O)(O)OCCNC(=O)CCCCCNC(=O)NCCCCCCNC(=O)CN1CCN(CC(=O)[O-])CCN(CC(=O)[O-])CCN(CC(=O)[O-])CC1)OC(=O)CCCCCCCCCCCCCCC. The van der Waals surface area contributed by atoms with E-state index in [1.165, 1.54) is 122 Å². The summed E-state index contributed by atoms with van der Waals surface area (Å²) in [5.41, 5.74) is 0. The molecule has 1 unspecified atom stereocenters. The van der Waals surface area contributed by atoms with E-state index in [2.05, 4.69) is 35.1 Å². The Bertz CT molecular complexity index is 1960. The summed E-state index contributed by atoms with van der Waals surface area (Å²) in [5.74, 6) is -4.75. The van der Waals surface area contributed by atoms with Crippen molar-refractivity contribution in [2.24, 2.45) is 0 Å². The zero-order chi connectivity index (χ0) is 67.6. The highest BCUT2D eigenvalue weighted by Gasteiger charge is 2.26. The van der Waals surface area contributed by atoms with Crippen LogP contribution in [0.3, 0.4) is 0 Å². The number of nitrogens with one attached hydrogen (secondary N) is 4. The minimum Gasteiger partial charge on any atom is -0.549 e. The summed E-state index contributed by atoms with van der Waals surface area (Å²) >= 11 is 0. The number of hydrogen-bond acceptors (Lipinski definition) is 19. The van der Waals surface area contributed by atoms with E-state index >= 15 is 0 Å². The number of esters is 1. The standard InChI is InChI=1S/C67H127N8O16P/c1-3-5-7-9-11-13-15-17-19-21-23-25-30-36-59(76)39-40-60(91-66(85)38-32-26-24-22-20-18-16-14-12-10-8-6-4-2)58-90-92(87,88)89-53-44-69-61(77)37-31-29-35-43-71-67(86)70-42-34-28-27-33-41-68-62(78)54-72-45-47-73(55-63(79)80)49-51-75(57-65(83)84)52-50-74(48-46-72)56-64(81)82/h60H,3-58H2,1-2H3,(H,68,78)(H,69,77)(H,79,80)(H,81,82)(H,83,84)(H,87,88)(H2,70,71,86)/p-3/t60-/m0/s1. The summed E-state index contributed by atoms with van der Waals surface area (Å²) < 4.78 is 29.0. The number of aliphatic carboxylic acids is 3. The van der Waals surface area contributed by atoms with Crippen LogP contribution in [0, 0.1) is 0 Å². The number of nitrogens with zero attached hydrogens (tertiary/aromatic N) is 4. The summed E-state index contributed by atoms with van der Waals surface area (Å²) in [6.07, 6.45) is 36.4. The molecule has 1 rings (SSSR count). The van der Waals surface area contributed by atoms with Crippen molar-refractivity contribution >= 4 is 55.3 Å². The molecule has 0 bridgehead atoms. The maximum Gasteiger partial charge on any atom is 0.472 e. The first-order valence-corrected chi connectivity index (χ1v) is 37.3. The number of hydrogen-bond donors (Lipinski definition) is 5. The van der Waals surface area contributed by atoms with Crippen molar-refractivity contribution in [3.8, 4) is 0 Å². The average Bonchev–Trinajstić information content (AvgIpc) is 2.22. The Morgan fingerprint density at radius 3 is 1.15 bits per heavy atom. The predicted molar refractivity (Wildman–Crippen MR) is 352 cm³/mol. The van der Waals surface area contributed by atoms with Gasteiger partial charge in [0.15, 0.2) is 0 Å². The van der Waals surface area contributed by atoms with Crippen molar-refractivity contribution < 1.29 is 76.9 Å². The van der Waals surface area contributed by atoms with E-state index in [1.807, 2.05) is 4.90 Å². The third-order valence-electron chi connectivity index (χ3n) is 16.6. The number of Topliss-reactive ketones (excluding diaryl/α,β-unsaturated/α-hetero) is 1. The van der Waals surface area contributed by atoms with Crippen molar-refractivity contribution in [2.75, 3.05) is 118 Å². The van der Waals surface area contributed by atoms with Crippen LogP contribution in [0.4, 0.5) is 4.79 Å². The van der Waals surface area contributed by atoms with Gasteiger partial charge >= 0.3 is 19.8 Å². The quantitative estimate of drug-likeness (QED) is 0.0247. The lowest BCUT2D eigenvalue weighted by Gasteiger charge is -2.34. The van der Waals surface area contributed by atoms with Gasteiger partial charge in [0, 0.05) is 124 Å². The summed E-state index contributed by atoms with van der Waals surface area (Å²) in [6, 6.07) is -0.299. The lowest BCUT2D eigenvalue weighted by atomic mass is 10.0. The minimum atomic E-state index is -4.59. The third kappa shape index (κ3) is 56.1. The van der Waals surface area contributed by atoms with E-state index < -0.39 is 51.0 Å². The van der Waals surface area contributed by atoms with Crippen molar-refractivity contribution in [3.05, 3.63) is 0 Å². The molecule has 24 nitrogen and oxygen atoms in total. The van der Waals surface area contributed by atoms with Gasteiger partial charge in [-0.1, -0.05) is 187 Å². The highest BCUT2D eigenvalue weighted by atomic mass is 31.2. The Balaban J connectivity index is 2.35. The lowest BCUT2D eigenvalue weighted by Crippen LogP contribution is -2.52. The first-order valence-electron chi connectivity index (χ1n) is 35.8. The number of amides is 4. The number of carboxylic acid groups (broad SMARTS) is 3. The number of carbonyl (C=O) groups is 8. The Hall–Kier alpha value is -4.29. The lowest BCUT2D eigenvalue weighted by molar-refractivity contribution is -0.308. The Labute approximate surface area is 552 Å². The number of carboxylic acids is 3. The molecule has 5 N–H and O–H groups in total. The summed E-state index contributed by atoms with van der Waals surface area (Å²) in [7, 11) is -4.59. The summed E-state index contributed by atoms with van der Waals surface area (Å²) in [4.78, 5) is 115. The van der Waals surface area contributed by atoms with Crippen molar-refractivity contribution in [1.82, 2.24) is 40.9 Å². The largest absolute Gasteiger partial charge is 0.549 e. The van der Waals surface area contributed by atoms with Gasteiger partial charge in [0.2, 0.25) is 11.8 Å². The van der Waals surface area contributed by atoms with Gasteiger partial charge in [-0.15, -0.1) is 0 Å². The van der Waals surface area contributed by atoms with Crippen LogP contribution in [0.5, 0.6) is 0 Å². The smallest absolute Gasteiger partial charge is 0.472 e. The average molecular weight is 1330 g/mol. The highest BCUT2D eigenvalue weighted by Crippen LogP contribution is 2.43. The second kappa shape index (κ2) is 59.2. The molecule has 25 heteroatoms. The van der Waals surface area contributed by atoms with Crippen LogP contribution in [0.25, 0.3) is 0 Å². The number of ether oxygens (including phenoxy) is 1. The van der Waals surface area contributed by atoms with Crippen LogP contribution in [-0.4, -0.2) is 196 Å². The Morgan fingerprint density at radius 1 is 0.402 bits per heavy atom. The van der Waals surface area contributed by atoms with Crippen molar-refractivity contribution in [3.63, 3.8) is 0 Å². The molecule has 92 heavy (non-hydrogen) atoms. The molecule has 0 spiro atoms. The number of phosphoric acid groups is 1. The van der Waals surface area contributed by atoms with Crippen LogP contribution < -0.4 is 36.6 Å². The zero-order valence-electron chi connectivity index (χ0n) is 57.0. The monoisotopic (exact) mass is 1330 g/mol. The molecule has 0 saturated carbocycles. The van der Waals surface area contributed by atoms with E-state index in [-0.39, 0.29) is 121 Å². The second-order valence-corrected chi connectivity index (χ2v) is 26.6. The fraction of sp³-hybridized carbons (Fsp3) is 0.881. The van der Waals surface area contributed by atoms with E-state index in [9.17, 15) is 63.1 Å². The van der Waals surface area contributed by atoms with Crippen LogP contribution in [0.2, 0.25) is 0 Å². The van der Waals surface area contributed by atoms with Gasteiger partial charge in [0.25, 0.3) is 0 Å². The highest BCUT2D eigenvalue weighted by molar-refractivity contribution is 7.47. The summed E-state index contributed by atoms with van der Waals surface area (Å²) in [5, 5.41) is 45.4. The van der Waals surface area contributed by atoms with Crippen LogP contribution in [0.1, 0.15) is 258 Å². The van der Waals surface area contributed by atoms with Gasteiger partial charge in [-0.25, -0.2) is 9.36 Å².